The molecule has 0 aromatic heterocycles. The molecular formula is C73H110ClF3N12O13. The highest BCUT2D eigenvalue weighted by Gasteiger charge is 2.52. The van der Waals surface area contributed by atoms with Crippen molar-refractivity contribution in [3.8, 4) is 0 Å². The molecule has 3 aliphatic carbocycles. The topological polar surface area (TPSA) is 287 Å². The first-order valence-corrected chi connectivity index (χ1v) is 37.1. The van der Waals surface area contributed by atoms with Gasteiger partial charge in [0.2, 0.25) is 70.9 Å². The number of amides is 12. The molecule has 6 fully saturated rings. The van der Waals surface area contributed by atoms with Gasteiger partial charge in [-0.1, -0.05) is 116 Å². The molecule has 12 amide bonds. The number of fused-ring (bicyclic) bond motifs is 1. The molecule has 3 N–H and O–H groups in total. The van der Waals surface area contributed by atoms with Gasteiger partial charge in [-0.25, -0.2) is 0 Å². The van der Waals surface area contributed by atoms with Crippen molar-refractivity contribution in [3.05, 3.63) is 34.3 Å². The van der Waals surface area contributed by atoms with Gasteiger partial charge in [0.25, 0.3) is 0 Å². The van der Waals surface area contributed by atoms with Crippen LogP contribution in [0.3, 0.4) is 0 Å². The van der Waals surface area contributed by atoms with Crippen LogP contribution in [-0.4, -0.2) is 257 Å². The summed E-state index contributed by atoms with van der Waals surface area (Å²) in [6, 6.07) is -6.37. The number of hydrogen-bond donors (Lipinski definition) is 3. The van der Waals surface area contributed by atoms with Gasteiger partial charge in [-0.3, -0.25) is 62.3 Å². The van der Waals surface area contributed by atoms with Gasteiger partial charge >= 0.3 is 6.18 Å². The average Bonchev–Trinajstić information content (AvgIpc) is 1.45. The number of alkyl halides is 3. The SMILES string of the molecule is CC[C@H](C)[C@@H]1NC(=O)[C@H](CC(C)C)N(C)C(=O)C[C@@H](C(=O)N2CCCCC2)N(C)C(=O)[C@H](C2CCCCC2)N(C)C(=O)C2(CCCC2)NC(=O)[C@@H]2CC(=O)CN2C(=O)[C@H](CCc2ccc(C(F)(F)F)c(Cl)c2)NC(=O)CN(C)C(=O)[C@H](CC2CCCCC2)N(C)C(=O)CN(C)C(=O)CN(C)C1=O. The number of benzene rings is 1. The number of carbonyl (C=O) groups is 13. The summed E-state index contributed by atoms with van der Waals surface area (Å²) in [5.74, 6) is -10.2. The predicted molar refractivity (Wildman–Crippen MR) is 374 cm³/mol. The van der Waals surface area contributed by atoms with Crippen molar-refractivity contribution in [2.24, 2.45) is 23.7 Å². The van der Waals surface area contributed by atoms with Crippen LogP contribution in [0.15, 0.2) is 18.2 Å². The highest BCUT2D eigenvalue weighted by Crippen LogP contribution is 2.39. The number of ketones is 1. The van der Waals surface area contributed by atoms with E-state index in [1.165, 1.54) is 75.0 Å². The third kappa shape index (κ3) is 20.5. The maximum absolute atomic E-state index is 15.8. The first-order chi connectivity index (χ1) is 48.1. The van der Waals surface area contributed by atoms with Crippen molar-refractivity contribution in [2.75, 3.05) is 88.6 Å². The van der Waals surface area contributed by atoms with E-state index in [4.69, 9.17) is 11.6 Å². The zero-order valence-electron chi connectivity index (χ0n) is 61.6. The van der Waals surface area contributed by atoms with Gasteiger partial charge in [-0.05, 0) is 112 Å². The minimum Gasteiger partial charge on any atom is -0.343 e. The van der Waals surface area contributed by atoms with E-state index >= 15 is 28.8 Å². The van der Waals surface area contributed by atoms with Crippen LogP contribution in [0.1, 0.15) is 187 Å². The molecule has 1 aromatic rings. The fourth-order valence-corrected chi connectivity index (χ4v) is 16.0. The van der Waals surface area contributed by atoms with Crippen molar-refractivity contribution in [2.45, 2.75) is 236 Å². The monoisotopic (exact) mass is 1450 g/mol. The molecule has 0 radical (unpaired) electrons. The molecule has 3 saturated carbocycles. The second-order valence-electron chi connectivity index (χ2n) is 30.2. The quantitative estimate of drug-likeness (QED) is 0.243. The molecule has 3 heterocycles. The molecule has 7 rings (SSSR count). The third-order valence-corrected chi connectivity index (χ3v) is 22.6. The van der Waals surface area contributed by atoms with Crippen LogP contribution < -0.4 is 16.0 Å². The number of piperidine rings is 1. The fourth-order valence-electron chi connectivity index (χ4n) is 15.7. The summed E-state index contributed by atoms with van der Waals surface area (Å²) in [4.78, 5) is 204. The lowest BCUT2D eigenvalue weighted by Crippen LogP contribution is -2.65. The number of halogens is 4. The number of carbonyl (C=O) groups excluding carboxylic acids is 13. The Kier molecular flexibility index (Phi) is 29.2. The molecule has 3 saturated heterocycles. The van der Waals surface area contributed by atoms with Crippen LogP contribution in [-0.2, 0) is 74.9 Å². The Labute approximate surface area is 603 Å². The van der Waals surface area contributed by atoms with Gasteiger partial charge < -0.3 is 60.0 Å². The molecule has 0 unspecified atom stereocenters. The van der Waals surface area contributed by atoms with Crippen LogP contribution in [0, 0.1) is 23.7 Å². The Morgan fingerprint density at radius 2 is 1.21 bits per heavy atom. The molecule has 1 spiro atoms. The lowest BCUT2D eigenvalue weighted by molar-refractivity contribution is -0.157. The number of nitrogens with one attached hydrogen (secondary N) is 3. The molecule has 29 heteroatoms. The van der Waals surface area contributed by atoms with Crippen LogP contribution >= 0.6 is 11.6 Å². The molecule has 568 valence electrons. The van der Waals surface area contributed by atoms with Crippen molar-refractivity contribution in [1.82, 2.24) is 60.0 Å². The number of nitrogens with zero attached hydrogens (tertiary/aromatic N) is 9. The lowest BCUT2D eigenvalue weighted by atomic mass is 9.81. The molecule has 8 atom stereocenters. The highest BCUT2D eigenvalue weighted by molar-refractivity contribution is 6.31. The highest BCUT2D eigenvalue weighted by atomic mass is 35.5. The number of Topliss-reactive ketones (excluding diaryl/α,β-unsaturated/α-hetero) is 1. The Hall–Kier alpha value is -7.39. The van der Waals surface area contributed by atoms with Crippen LogP contribution in [0.2, 0.25) is 5.02 Å². The van der Waals surface area contributed by atoms with E-state index < -0.39 is 192 Å². The Bertz CT molecular complexity index is 3220. The Morgan fingerprint density at radius 3 is 1.80 bits per heavy atom. The summed E-state index contributed by atoms with van der Waals surface area (Å²) in [5, 5.41) is 7.91. The van der Waals surface area contributed by atoms with E-state index in [2.05, 4.69) is 16.0 Å². The molecular weight excluding hydrogens is 1350 g/mol. The molecule has 3 aliphatic heterocycles. The Balaban J connectivity index is 1.30. The van der Waals surface area contributed by atoms with Gasteiger partial charge in [0.05, 0.1) is 43.2 Å². The largest absolute Gasteiger partial charge is 0.417 e. The van der Waals surface area contributed by atoms with E-state index in [0.29, 0.717) is 70.9 Å². The first-order valence-electron chi connectivity index (χ1n) is 36.8. The van der Waals surface area contributed by atoms with E-state index in [1.807, 2.05) is 20.8 Å². The maximum Gasteiger partial charge on any atom is 0.417 e. The van der Waals surface area contributed by atoms with Crippen molar-refractivity contribution < 1.29 is 75.5 Å². The summed E-state index contributed by atoms with van der Waals surface area (Å²) in [6.07, 6.45) is 5.14. The summed E-state index contributed by atoms with van der Waals surface area (Å²) in [5.41, 5.74) is -2.56. The first kappa shape index (κ1) is 81.9. The van der Waals surface area contributed by atoms with E-state index in [0.717, 1.165) is 76.7 Å². The van der Waals surface area contributed by atoms with Gasteiger partial charge in [0, 0.05) is 68.8 Å². The standard InChI is InChI=1S/C73H110ClF3N12O13/c1-12-46(4)62-69(100)83(7)43-60(93)81(5)44-61(94)85(9)56(38-47-24-16-13-17-25-47)67(98)82(6)42-58(91)78-53(31-29-48-28-30-51(52(74)37-48)73(75,76)77)66(97)89-41-50(90)39-55(89)65(96)80-72(32-20-21-33-72)71(102)87(11)63(49-26-18-14-19-27-49)70(101)86(10)57(68(99)88-34-22-15-23-35-88)40-59(92)84(8)54(36-45(2)3)64(95)79-62/h28,30,37,45-47,49,53-57,62-63H,12-27,29,31-36,38-44H2,1-11H3,(H,78,91)(H,79,95)(H,80,96)/t46-,53-,54-,55-,56-,57-,62-,63-/m0/s1. The van der Waals surface area contributed by atoms with E-state index in [9.17, 15) is 46.7 Å². The number of likely N-dealkylation sites (tertiary alicyclic amines) is 1. The molecule has 0 bridgehead atoms. The number of rotatable bonds is 11. The fraction of sp³-hybridized carbons (Fsp3) is 0.740. The third-order valence-electron chi connectivity index (χ3n) is 22.2. The second kappa shape index (κ2) is 36.4. The summed E-state index contributed by atoms with van der Waals surface area (Å²) < 4.78 is 41.7. The molecule has 1 aromatic carbocycles. The van der Waals surface area contributed by atoms with Gasteiger partial charge in [0.15, 0.2) is 5.78 Å². The number of aryl methyl sites for hydroxylation is 1. The maximum atomic E-state index is 15.8. The van der Waals surface area contributed by atoms with Crippen molar-refractivity contribution in [3.63, 3.8) is 0 Å². The number of hydrogen-bond acceptors (Lipinski definition) is 13. The molecule has 6 aliphatic rings. The lowest BCUT2D eigenvalue weighted by Gasteiger charge is -2.43. The minimum atomic E-state index is -4.79. The van der Waals surface area contributed by atoms with Gasteiger partial charge in [-0.15, -0.1) is 0 Å². The van der Waals surface area contributed by atoms with Crippen LogP contribution in [0.25, 0.3) is 0 Å². The summed E-state index contributed by atoms with van der Waals surface area (Å²) in [6.45, 7) is 5.61. The normalized spacial score (nSPS) is 26.7. The van der Waals surface area contributed by atoms with E-state index in [1.54, 1.807) is 11.8 Å². The number of likely N-dealkylation sites (N-methyl/N-ethyl adjacent to an activating group) is 7. The van der Waals surface area contributed by atoms with Crippen molar-refractivity contribution >= 4 is 88.3 Å². The van der Waals surface area contributed by atoms with Crippen LogP contribution in [0.5, 0.6) is 0 Å². The second-order valence-corrected chi connectivity index (χ2v) is 30.6. The molecule has 102 heavy (non-hydrogen) atoms. The molecule has 25 nitrogen and oxygen atoms in total. The summed E-state index contributed by atoms with van der Waals surface area (Å²) >= 11 is 6.14. The smallest absolute Gasteiger partial charge is 0.343 e. The zero-order chi connectivity index (χ0) is 75.2. The summed E-state index contributed by atoms with van der Waals surface area (Å²) in [7, 11) is 9.83. The van der Waals surface area contributed by atoms with Gasteiger partial charge in [-0.2, -0.15) is 13.2 Å². The van der Waals surface area contributed by atoms with Crippen LogP contribution in [0.4, 0.5) is 13.2 Å². The zero-order valence-corrected chi connectivity index (χ0v) is 62.4. The predicted octanol–water partition coefficient (Wildman–Crippen LogP) is 5.60. The minimum absolute atomic E-state index is 0.0100. The van der Waals surface area contributed by atoms with Crippen molar-refractivity contribution in [1.29, 1.82) is 0 Å². The average molecular weight is 1460 g/mol. The van der Waals surface area contributed by atoms with Gasteiger partial charge in [0.1, 0.15) is 47.8 Å². The van der Waals surface area contributed by atoms with E-state index in [-0.39, 0.29) is 55.9 Å². The Morgan fingerprint density at radius 1 is 0.618 bits per heavy atom.